The molecule has 0 unspecified atom stereocenters. The lowest BCUT2D eigenvalue weighted by atomic mass is 10.0. The van der Waals surface area contributed by atoms with E-state index in [0.29, 0.717) is 24.5 Å². The molecule has 2 N–H and O–H groups in total. The van der Waals surface area contributed by atoms with E-state index in [1.54, 1.807) is 11.7 Å². The number of rotatable bonds is 10. The van der Waals surface area contributed by atoms with Gasteiger partial charge in [0.2, 0.25) is 0 Å². The number of pyridine rings is 1. The molecule has 0 radical (unpaired) electrons. The lowest BCUT2D eigenvalue weighted by Gasteiger charge is -2.26. The average molecular weight is 414 g/mol. The first kappa shape index (κ1) is 22.2. The van der Waals surface area contributed by atoms with Gasteiger partial charge in [-0.05, 0) is 63.0 Å². The molecule has 164 valence electrons. The Kier molecular flexibility index (Phi) is 8.20. The summed E-state index contributed by atoms with van der Waals surface area (Å²) in [5.74, 6) is 1.44. The quantitative estimate of drug-likeness (QED) is 0.592. The number of ether oxygens (including phenoxy) is 2. The summed E-state index contributed by atoms with van der Waals surface area (Å²) in [6.45, 7) is 6.85. The van der Waals surface area contributed by atoms with Crippen LogP contribution in [0.25, 0.3) is 11.1 Å². The summed E-state index contributed by atoms with van der Waals surface area (Å²) in [6, 6.07) is 7.57. The molecule has 6 nitrogen and oxygen atoms in total. The van der Waals surface area contributed by atoms with Crippen LogP contribution in [0.2, 0.25) is 0 Å². The van der Waals surface area contributed by atoms with E-state index in [9.17, 15) is 4.79 Å². The zero-order valence-electron chi connectivity index (χ0n) is 18.4. The van der Waals surface area contributed by atoms with Gasteiger partial charge in [0.1, 0.15) is 17.2 Å². The molecule has 6 heteroatoms. The Bertz CT molecular complexity index is 872. The molecule has 1 fully saturated rings. The number of likely N-dealkylation sites (tertiary alicyclic amines) is 1. The molecular weight excluding hydrogens is 378 g/mol. The Labute approximate surface area is 179 Å². The number of hydrogen-bond acceptors (Lipinski definition) is 5. The van der Waals surface area contributed by atoms with E-state index in [1.807, 2.05) is 30.5 Å². The number of benzene rings is 1. The second-order valence-corrected chi connectivity index (χ2v) is 7.96. The van der Waals surface area contributed by atoms with Crippen molar-refractivity contribution in [3.63, 3.8) is 0 Å². The Morgan fingerprint density at radius 2 is 1.83 bits per heavy atom. The summed E-state index contributed by atoms with van der Waals surface area (Å²) in [6.07, 6.45) is 8.71. The molecule has 30 heavy (non-hydrogen) atoms. The maximum absolute atomic E-state index is 12.7. The molecule has 0 bridgehead atoms. The highest BCUT2D eigenvalue weighted by molar-refractivity contribution is 5.80. The Morgan fingerprint density at radius 1 is 1.03 bits per heavy atom. The van der Waals surface area contributed by atoms with Gasteiger partial charge in [0.25, 0.3) is 5.56 Å². The van der Waals surface area contributed by atoms with Crippen molar-refractivity contribution in [2.75, 3.05) is 39.1 Å². The van der Waals surface area contributed by atoms with Crippen LogP contribution in [-0.2, 0) is 6.54 Å². The first-order chi connectivity index (χ1) is 14.6. The number of nitrogen functional groups attached to an aromatic ring is 1. The van der Waals surface area contributed by atoms with Crippen LogP contribution in [-0.4, -0.2) is 42.8 Å². The smallest absolute Gasteiger partial charge is 0.274 e. The van der Waals surface area contributed by atoms with Crippen molar-refractivity contribution in [2.24, 2.45) is 0 Å². The highest BCUT2D eigenvalue weighted by atomic mass is 16.5. The third kappa shape index (κ3) is 5.57. The molecule has 1 aromatic carbocycles. The number of nitrogens with two attached hydrogens (primary N) is 1. The zero-order valence-corrected chi connectivity index (χ0v) is 18.4. The van der Waals surface area contributed by atoms with Gasteiger partial charge in [-0.2, -0.15) is 0 Å². The molecule has 0 spiro atoms. The second-order valence-electron chi connectivity index (χ2n) is 7.96. The first-order valence-corrected chi connectivity index (χ1v) is 11.2. The number of aromatic nitrogens is 1. The van der Waals surface area contributed by atoms with Gasteiger partial charge < -0.3 is 24.7 Å². The number of nitrogens with zero attached hydrogens (tertiary/aromatic N) is 2. The van der Waals surface area contributed by atoms with Gasteiger partial charge in [-0.15, -0.1) is 0 Å². The molecule has 3 rings (SSSR count). The lowest BCUT2D eigenvalue weighted by Crippen LogP contribution is -2.31. The molecular formula is C24H35N3O3. The van der Waals surface area contributed by atoms with Crippen LogP contribution >= 0.6 is 0 Å². The van der Waals surface area contributed by atoms with Crippen molar-refractivity contribution >= 4 is 5.69 Å². The monoisotopic (exact) mass is 413 g/mol. The SMILES string of the molecule is CCCCn1ccc(-c2cc(OC)ccc2OCCCN2CCCCC2)c(N)c1=O. The van der Waals surface area contributed by atoms with Gasteiger partial charge in [0, 0.05) is 30.4 Å². The van der Waals surface area contributed by atoms with Gasteiger partial charge in [-0.1, -0.05) is 19.8 Å². The predicted octanol–water partition coefficient (Wildman–Crippen LogP) is 4.16. The highest BCUT2D eigenvalue weighted by Gasteiger charge is 2.15. The van der Waals surface area contributed by atoms with Crippen molar-refractivity contribution in [3.05, 3.63) is 40.8 Å². The summed E-state index contributed by atoms with van der Waals surface area (Å²) in [5, 5.41) is 0. The summed E-state index contributed by atoms with van der Waals surface area (Å²) in [5.41, 5.74) is 7.85. The van der Waals surface area contributed by atoms with Crippen LogP contribution in [0, 0.1) is 0 Å². The lowest BCUT2D eigenvalue weighted by molar-refractivity contribution is 0.205. The van der Waals surface area contributed by atoms with Gasteiger partial charge >= 0.3 is 0 Å². The number of unbranched alkanes of at least 4 members (excludes halogenated alkanes) is 1. The standard InChI is InChI=1S/C24H35N3O3/c1-3-4-15-27-16-11-20(23(25)24(27)28)21-18-19(29-2)9-10-22(21)30-17-8-14-26-12-6-5-7-13-26/h9-11,16,18H,3-8,12-15,17,25H2,1-2H3. The minimum Gasteiger partial charge on any atom is -0.497 e. The fourth-order valence-corrected chi connectivity index (χ4v) is 3.96. The van der Waals surface area contributed by atoms with Crippen molar-refractivity contribution in [2.45, 2.75) is 52.0 Å². The van der Waals surface area contributed by atoms with E-state index < -0.39 is 0 Å². The number of aryl methyl sites for hydroxylation is 1. The third-order valence-corrected chi connectivity index (χ3v) is 5.76. The third-order valence-electron chi connectivity index (χ3n) is 5.76. The maximum atomic E-state index is 12.7. The van der Waals surface area contributed by atoms with E-state index in [2.05, 4.69) is 11.8 Å². The molecule has 1 aliphatic heterocycles. The van der Waals surface area contributed by atoms with Crippen molar-refractivity contribution in [1.82, 2.24) is 9.47 Å². The number of hydrogen-bond donors (Lipinski definition) is 1. The summed E-state index contributed by atoms with van der Waals surface area (Å²) in [7, 11) is 1.63. The zero-order chi connectivity index (χ0) is 21.3. The molecule has 0 aliphatic carbocycles. The Balaban J connectivity index is 1.76. The van der Waals surface area contributed by atoms with Crippen LogP contribution < -0.4 is 20.8 Å². The molecule has 2 aromatic rings. The van der Waals surface area contributed by atoms with Gasteiger partial charge in [-0.3, -0.25) is 4.79 Å². The van der Waals surface area contributed by atoms with Crippen LogP contribution in [0.5, 0.6) is 11.5 Å². The van der Waals surface area contributed by atoms with E-state index in [4.69, 9.17) is 15.2 Å². The van der Waals surface area contributed by atoms with Crippen molar-refractivity contribution < 1.29 is 9.47 Å². The first-order valence-electron chi connectivity index (χ1n) is 11.2. The van der Waals surface area contributed by atoms with E-state index in [1.165, 1.54) is 32.4 Å². The van der Waals surface area contributed by atoms with Crippen LogP contribution in [0.3, 0.4) is 0 Å². The normalized spacial score (nSPS) is 14.6. The minimum atomic E-state index is -0.153. The molecule has 1 aromatic heterocycles. The van der Waals surface area contributed by atoms with Crippen LogP contribution in [0.1, 0.15) is 45.4 Å². The van der Waals surface area contributed by atoms with Gasteiger partial charge in [0.05, 0.1) is 13.7 Å². The number of piperidine rings is 1. The van der Waals surface area contributed by atoms with Gasteiger partial charge in [0.15, 0.2) is 0 Å². The van der Waals surface area contributed by atoms with Gasteiger partial charge in [-0.25, -0.2) is 0 Å². The molecule has 1 aliphatic rings. The van der Waals surface area contributed by atoms with E-state index in [0.717, 1.165) is 37.1 Å². The summed E-state index contributed by atoms with van der Waals surface area (Å²) < 4.78 is 13.2. The summed E-state index contributed by atoms with van der Waals surface area (Å²) >= 11 is 0. The summed E-state index contributed by atoms with van der Waals surface area (Å²) in [4.78, 5) is 15.2. The average Bonchev–Trinajstić information content (AvgIpc) is 2.78. The molecule has 0 atom stereocenters. The van der Waals surface area contributed by atoms with Crippen molar-refractivity contribution in [3.8, 4) is 22.6 Å². The Hall–Kier alpha value is -2.47. The number of anilines is 1. The fraction of sp³-hybridized carbons (Fsp3) is 0.542. The predicted molar refractivity (Wildman–Crippen MR) is 122 cm³/mol. The largest absolute Gasteiger partial charge is 0.497 e. The molecule has 0 amide bonds. The molecule has 0 saturated carbocycles. The van der Waals surface area contributed by atoms with E-state index in [-0.39, 0.29) is 11.2 Å². The van der Waals surface area contributed by atoms with Crippen molar-refractivity contribution in [1.29, 1.82) is 0 Å². The maximum Gasteiger partial charge on any atom is 0.274 e. The van der Waals surface area contributed by atoms with Crippen LogP contribution in [0.15, 0.2) is 35.3 Å². The molecule has 1 saturated heterocycles. The minimum absolute atomic E-state index is 0.153. The Morgan fingerprint density at radius 3 is 2.57 bits per heavy atom. The second kappa shape index (κ2) is 11.1. The van der Waals surface area contributed by atoms with E-state index >= 15 is 0 Å². The molecule has 2 heterocycles. The van der Waals surface area contributed by atoms with Crippen LogP contribution in [0.4, 0.5) is 5.69 Å². The highest BCUT2D eigenvalue weighted by Crippen LogP contribution is 2.35. The number of methoxy groups -OCH3 is 1. The fourth-order valence-electron chi connectivity index (χ4n) is 3.96. The topological polar surface area (TPSA) is 69.7 Å².